The first-order valence-corrected chi connectivity index (χ1v) is 9.87. The standard InChI is InChI=1S/C22H23N5O2/c1-13-10-27(11-14(2)24-13)17-5-4-16-8-18(22(28)29-20(16)9-17)19-12-26-7-6-23-15(3)21(26)25-19/h4-9,12-14,24H,10-11H2,1-3H3/t13-,14+. The van der Waals surface area contributed by atoms with Crippen LogP contribution in [0.3, 0.4) is 0 Å². The molecule has 0 bridgehead atoms. The van der Waals surface area contributed by atoms with E-state index >= 15 is 0 Å². The summed E-state index contributed by atoms with van der Waals surface area (Å²) in [6.07, 6.45) is 5.37. The van der Waals surface area contributed by atoms with Gasteiger partial charge in [0.2, 0.25) is 0 Å². The molecule has 1 fully saturated rings. The van der Waals surface area contributed by atoms with E-state index in [1.807, 2.05) is 41.9 Å². The van der Waals surface area contributed by atoms with Gasteiger partial charge in [0.25, 0.3) is 0 Å². The highest BCUT2D eigenvalue weighted by Crippen LogP contribution is 2.26. The van der Waals surface area contributed by atoms with E-state index < -0.39 is 0 Å². The van der Waals surface area contributed by atoms with Crippen molar-refractivity contribution in [3.8, 4) is 11.3 Å². The number of hydrogen-bond acceptors (Lipinski definition) is 6. The van der Waals surface area contributed by atoms with E-state index in [1.54, 1.807) is 6.20 Å². The normalized spacial score (nSPS) is 19.9. The first-order chi connectivity index (χ1) is 14.0. The summed E-state index contributed by atoms with van der Waals surface area (Å²) in [5.41, 5.74) is 3.88. The molecule has 0 aliphatic carbocycles. The number of piperazine rings is 1. The lowest BCUT2D eigenvalue weighted by atomic mass is 10.1. The molecule has 3 aromatic heterocycles. The number of nitrogens with zero attached hydrogens (tertiary/aromatic N) is 4. The van der Waals surface area contributed by atoms with Gasteiger partial charge in [-0.3, -0.25) is 4.98 Å². The van der Waals surface area contributed by atoms with Crippen molar-refractivity contribution in [2.75, 3.05) is 18.0 Å². The summed E-state index contributed by atoms with van der Waals surface area (Å²) in [5, 5.41) is 4.42. The molecule has 1 aliphatic rings. The van der Waals surface area contributed by atoms with Crippen molar-refractivity contribution in [3.63, 3.8) is 0 Å². The molecule has 1 aliphatic heterocycles. The van der Waals surface area contributed by atoms with Crippen LogP contribution in [0.5, 0.6) is 0 Å². The Morgan fingerprint density at radius 2 is 1.97 bits per heavy atom. The number of rotatable bonds is 2. The zero-order valence-electron chi connectivity index (χ0n) is 16.7. The Balaban J connectivity index is 1.56. The third-order valence-electron chi connectivity index (χ3n) is 5.47. The molecule has 29 heavy (non-hydrogen) atoms. The number of benzene rings is 1. The van der Waals surface area contributed by atoms with Crippen LogP contribution in [-0.4, -0.2) is 39.5 Å². The molecule has 7 heteroatoms. The smallest absolute Gasteiger partial charge is 0.345 e. The molecular formula is C22H23N5O2. The molecule has 1 saturated heterocycles. The van der Waals surface area contributed by atoms with Crippen molar-refractivity contribution in [2.45, 2.75) is 32.9 Å². The fraction of sp³-hybridized carbons (Fsp3) is 0.318. The second-order valence-corrected chi connectivity index (χ2v) is 7.91. The number of fused-ring (bicyclic) bond motifs is 2. The third kappa shape index (κ3) is 3.17. The summed E-state index contributed by atoms with van der Waals surface area (Å²) in [6, 6.07) is 8.75. The summed E-state index contributed by atoms with van der Waals surface area (Å²) in [6.45, 7) is 8.11. The molecule has 148 valence electrons. The first kappa shape index (κ1) is 17.9. The van der Waals surface area contributed by atoms with Crippen molar-refractivity contribution in [1.82, 2.24) is 19.7 Å². The minimum Gasteiger partial charge on any atom is -0.422 e. The summed E-state index contributed by atoms with van der Waals surface area (Å²) < 4.78 is 7.57. The highest BCUT2D eigenvalue weighted by molar-refractivity contribution is 5.84. The topological polar surface area (TPSA) is 75.7 Å². The van der Waals surface area contributed by atoms with Gasteiger partial charge in [-0.2, -0.15) is 0 Å². The van der Waals surface area contributed by atoms with E-state index in [4.69, 9.17) is 4.42 Å². The van der Waals surface area contributed by atoms with Crippen molar-refractivity contribution in [1.29, 1.82) is 0 Å². The molecule has 0 spiro atoms. The lowest BCUT2D eigenvalue weighted by Crippen LogP contribution is -2.54. The van der Waals surface area contributed by atoms with E-state index in [1.165, 1.54) is 0 Å². The Morgan fingerprint density at radius 1 is 1.17 bits per heavy atom. The average molecular weight is 389 g/mol. The molecule has 1 N–H and O–H groups in total. The first-order valence-electron chi connectivity index (χ1n) is 9.87. The Labute approximate surface area is 168 Å². The molecule has 1 aromatic carbocycles. The van der Waals surface area contributed by atoms with E-state index in [-0.39, 0.29) is 5.63 Å². The van der Waals surface area contributed by atoms with Gasteiger partial charge in [-0.1, -0.05) is 0 Å². The molecule has 4 heterocycles. The van der Waals surface area contributed by atoms with Gasteiger partial charge in [-0.05, 0) is 39.0 Å². The average Bonchev–Trinajstić information content (AvgIpc) is 3.11. The fourth-order valence-electron chi connectivity index (χ4n) is 4.19. The largest absolute Gasteiger partial charge is 0.422 e. The molecular weight excluding hydrogens is 366 g/mol. The second kappa shape index (κ2) is 6.70. The van der Waals surface area contributed by atoms with Gasteiger partial charge in [-0.15, -0.1) is 0 Å². The summed E-state index contributed by atoms with van der Waals surface area (Å²) in [5.74, 6) is 0. The maximum atomic E-state index is 12.7. The van der Waals surface area contributed by atoms with Gasteiger partial charge in [0.15, 0.2) is 5.65 Å². The Bertz CT molecular complexity index is 1270. The Morgan fingerprint density at radius 3 is 2.72 bits per heavy atom. The van der Waals surface area contributed by atoms with Gasteiger partial charge < -0.3 is 19.0 Å². The van der Waals surface area contributed by atoms with Gasteiger partial charge in [0.05, 0.1) is 17.0 Å². The van der Waals surface area contributed by atoms with Crippen LogP contribution in [0.1, 0.15) is 19.5 Å². The predicted octanol–water partition coefficient (Wildman–Crippen LogP) is 3.00. The van der Waals surface area contributed by atoms with Gasteiger partial charge in [0.1, 0.15) is 5.58 Å². The lowest BCUT2D eigenvalue weighted by Gasteiger charge is -2.37. The monoisotopic (exact) mass is 389 g/mol. The molecule has 4 aromatic rings. The van der Waals surface area contributed by atoms with Gasteiger partial charge in [-0.25, -0.2) is 9.78 Å². The molecule has 2 atom stereocenters. The molecule has 0 radical (unpaired) electrons. The SMILES string of the molecule is Cc1nccn2cc(-c3cc4ccc(N5C[C@@H](C)N[C@@H](C)C5)cc4oc3=O)nc12. The van der Waals surface area contributed by atoms with E-state index in [9.17, 15) is 4.79 Å². The van der Waals surface area contributed by atoms with Gasteiger partial charge in [0, 0.05) is 60.9 Å². The molecule has 0 unspecified atom stereocenters. The van der Waals surface area contributed by atoms with Gasteiger partial charge >= 0.3 is 5.63 Å². The van der Waals surface area contributed by atoms with E-state index in [0.29, 0.717) is 28.9 Å². The van der Waals surface area contributed by atoms with Crippen LogP contribution >= 0.6 is 0 Å². The number of anilines is 1. The molecule has 0 amide bonds. The maximum Gasteiger partial charge on any atom is 0.345 e. The van der Waals surface area contributed by atoms with Crippen LogP contribution in [-0.2, 0) is 0 Å². The van der Waals surface area contributed by atoms with Crippen LogP contribution in [0, 0.1) is 6.92 Å². The molecule has 5 rings (SSSR count). The zero-order chi connectivity index (χ0) is 20.1. The molecule has 7 nitrogen and oxygen atoms in total. The van der Waals surface area contributed by atoms with Crippen molar-refractivity contribution in [3.05, 3.63) is 59.0 Å². The Kier molecular flexibility index (Phi) is 4.13. The minimum atomic E-state index is -0.384. The van der Waals surface area contributed by atoms with Crippen LogP contribution in [0.15, 0.2) is 52.1 Å². The van der Waals surface area contributed by atoms with Crippen molar-refractivity contribution >= 4 is 22.3 Å². The van der Waals surface area contributed by atoms with Crippen molar-refractivity contribution < 1.29 is 4.42 Å². The number of hydrogen-bond donors (Lipinski definition) is 1. The van der Waals surface area contributed by atoms with Crippen LogP contribution < -0.4 is 15.8 Å². The zero-order valence-corrected chi connectivity index (χ0v) is 16.7. The quantitative estimate of drug-likeness (QED) is 0.531. The summed E-state index contributed by atoms with van der Waals surface area (Å²) >= 11 is 0. The maximum absolute atomic E-state index is 12.7. The highest BCUT2D eigenvalue weighted by Gasteiger charge is 2.22. The van der Waals surface area contributed by atoms with Crippen LogP contribution in [0.4, 0.5) is 5.69 Å². The van der Waals surface area contributed by atoms with Crippen molar-refractivity contribution in [2.24, 2.45) is 0 Å². The molecule has 0 saturated carbocycles. The number of aromatic nitrogens is 3. The Hall–Kier alpha value is -3.19. The summed E-state index contributed by atoms with van der Waals surface area (Å²) in [4.78, 5) is 23.9. The number of nitrogens with one attached hydrogen (secondary N) is 1. The predicted molar refractivity (Wildman–Crippen MR) is 113 cm³/mol. The highest BCUT2D eigenvalue weighted by atomic mass is 16.4. The van der Waals surface area contributed by atoms with Crippen LogP contribution in [0.2, 0.25) is 0 Å². The third-order valence-corrected chi connectivity index (χ3v) is 5.47. The fourth-order valence-corrected chi connectivity index (χ4v) is 4.19. The number of imidazole rings is 1. The van der Waals surface area contributed by atoms with Crippen LogP contribution in [0.25, 0.3) is 27.9 Å². The number of aryl methyl sites for hydroxylation is 1. The van der Waals surface area contributed by atoms with E-state index in [2.05, 4.69) is 40.1 Å². The van der Waals surface area contributed by atoms with E-state index in [0.717, 1.165) is 35.5 Å². The lowest BCUT2D eigenvalue weighted by molar-refractivity contribution is 0.407. The summed E-state index contributed by atoms with van der Waals surface area (Å²) in [7, 11) is 0. The minimum absolute atomic E-state index is 0.384. The second-order valence-electron chi connectivity index (χ2n) is 7.91.